The molecule has 0 bridgehead atoms. The van der Waals surface area contributed by atoms with Gasteiger partial charge in [-0.2, -0.15) is 0 Å². The van der Waals surface area contributed by atoms with Gasteiger partial charge in [-0.25, -0.2) is 0 Å². The summed E-state index contributed by atoms with van der Waals surface area (Å²) in [6, 6.07) is 8.17. The standard InChI is InChI=1S/C11H12O2/c12-7-5-11-10-4-2-1-3-9(10)6-8-13-11/h1-4,7,11H,5-6,8H2. The first kappa shape index (κ1) is 8.45. The third kappa shape index (κ3) is 1.63. The fourth-order valence-electron chi connectivity index (χ4n) is 1.76. The third-order valence-electron chi connectivity index (χ3n) is 2.40. The smallest absolute Gasteiger partial charge is 0.122 e. The molecule has 0 radical (unpaired) electrons. The van der Waals surface area contributed by atoms with E-state index >= 15 is 0 Å². The van der Waals surface area contributed by atoms with Crippen molar-refractivity contribution in [2.24, 2.45) is 0 Å². The van der Waals surface area contributed by atoms with Crippen molar-refractivity contribution in [3.05, 3.63) is 35.4 Å². The fourth-order valence-corrected chi connectivity index (χ4v) is 1.76. The number of aldehydes is 1. The van der Waals surface area contributed by atoms with Gasteiger partial charge in [0.1, 0.15) is 6.29 Å². The molecule has 1 unspecified atom stereocenters. The van der Waals surface area contributed by atoms with E-state index in [1.807, 2.05) is 18.2 Å². The summed E-state index contributed by atoms with van der Waals surface area (Å²) in [6.45, 7) is 0.732. The van der Waals surface area contributed by atoms with Gasteiger partial charge in [-0.1, -0.05) is 24.3 Å². The summed E-state index contributed by atoms with van der Waals surface area (Å²) < 4.78 is 5.51. The number of rotatable bonds is 2. The molecule has 68 valence electrons. The lowest BCUT2D eigenvalue weighted by atomic mass is 9.96. The first-order valence-electron chi connectivity index (χ1n) is 4.55. The van der Waals surface area contributed by atoms with Crippen LogP contribution in [-0.2, 0) is 16.0 Å². The van der Waals surface area contributed by atoms with Gasteiger partial charge in [-0.3, -0.25) is 0 Å². The Labute approximate surface area is 77.5 Å². The quantitative estimate of drug-likeness (QED) is 0.643. The molecule has 0 saturated heterocycles. The van der Waals surface area contributed by atoms with E-state index in [2.05, 4.69) is 6.07 Å². The van der Waals surface area contributed by atoms with Crippen LogP contribution in [0, 0.1) is 0 Å². The first-order chi connectivity index (χ1) is 6.42. The lowest BCUT2D eigenvalue weighted by Crippen LogP contribution is -2.16. The molecule has 2 nitrogen and oxygen atoms in total. The second kappa shape index (κ2) is 3.71. The maximum Gasteiger partial charge on any atom is 0.122 e. The average Bonchev–Trinajstić information content (AvgIpc) is 2.19. The molecular formula is C11H12O2. The van der Waals surface area contributed by atoms with Crippen LogP contribution in [0.1, 0.15) is 23.7 Å². The number of carbonyl (C=O) groups is 1. The summed E-state index contributed by atoms with van der Waals surface area (Å²) in [4.78, 5) is 10.4. The van der Waals surface area contributed by atoms with E-state index in [-0.39, 0.29) is 6.10 Å². The van der Waals surface area contributed by atoms with Crippen LogP contribution in [0.5, 0.6) is 0 Å². The molecule has 0 amide bonds. The average molecular weight is 176 g/mol. The second-order valence-electron chi connectivity index (χ2n) is 3.21. The Morgan fingerprint density at radius 3 is 3.15 bits per heavy atom. The molecule has 0 saturated carbocycles. The molecule has 0 fully saturated rings. The number of carbonyl (C=O) groups excluding carboxylic acids is 1. The van der Waals surface area contributed by atoms with E-state index < -0.39 is 0 Å². The highest BCUT2D eigenvalue weighted by molar-refractivity contribution is 5.51. The van der Waals surface area contributed by atoms with Crippen LogP contribution in [0.3, 0.4) is 0 Å². The minimum absolute atomic E-state index is 0.0116. The molecule has 1 atom stereocenters. The summed E-state index contributed by atoms with van der Waals surface area (Å²) in [5.41, 5.74) is 2.50. The van der Waals surface area contributed by atoms with E-state index in [0.29, 0.717) is 6.42 Å². The Kier molecular flexibility index (Phi) is 2.41. The van der Waals surface area contributed by atoms with Crippen LogP contribution in [0.25, 0.3) is 0 Å². The molecule has 0 spiro atoms. The molecule has 1 aromatic rings. The third-order valence-corrected chi connectivity index (χ3v) is 2.40. The van der Waals surface area contributed by atoms with E-state index in [4.69, 9.17) is 4.74 Å². The lowest BCUT2D eigenvalue weighted by Gasteiger charge is -2.24. The number of hydrogen-bond donors (Lipinski definition) is 0. The van der Waals surface area contributed by atoms with Crippen LogP contribution in [0.2, 0.25) is 0 Å². The molecule has 0 N–H and O–H groups in total. The van der Waals surface area contributed by atoms with Gasteiger partial charge < -0.3 is 9.53 Å². The van der Waals surface area contributed by atoms with Crippen molar-refractivity contribution in [1.82, 2.24) is 0 Å². The van der Waals surface area contributed by atoms with Crippen molar-refractivity contribution >= 4 is 6.29 Å². The normalized spacial score (nSPS) is 20.8. The molecule has 0 aliphatic carbocycles. The van der Waals surface area contributed by atoms with Crippen LogP contribution >= 0.6 is 0 Å². The molecule has 1 aliphatic heterocycles. The summed E-state index contributed by atoms with van der Waals surface area (Å²) in [7, 11) is 0. The molecule has 1 aromatic carbocycles. The van der Waals surface area contributed by atoms with Crippen molar-refractivity contribution in [3.8, 4) is 0 Å². The molecule has 2 heteroatoms. The zero-order valence-corrected chi connectivity index (χ0v) is 7.40. The van der Waals surface area contributed by atoms with Gasteiger partial charge in [0.05, 0.1) is 12.7 Å². The summed E-state index contributed by atoms with van der Waals surface area (Å²) in [5.74, 6) is 0. The van der Waals surface area contributed by atoms with Gasteiger partial charge in [0.2, 0.25) is 0 Å². The van der Waals surface area contributed by atoms with Crippen molar-refractivity contribution < 1.29 is 9.53 Å². The second-order valence-corrected chi connectivity index (χ2v) is 3.21. The van der Waals surface area contributed by atoms with Crippen LogP contribution in [0.15, 0.2) is 24.3 Å². The monoisotopic (exact) mass is 176 g/mol. The minimum Gasteiger partial charge on any atom is -0.373 e. The van der Waals surface area contributed by atoms with Gasteiger partial charge in [0.25, 0.3) is 0 Å². The van der Waals surface area contributed by atoms with Crippen LogP contribution in [-0.4, -0.2) is 12.9 Å². The largest absolute Gasteiger partial charge is 0.373 e. The van der Waals surface area contributed by atoms with Crippen molar-refractivity contribution in [3.63, 3.8) is 0 Å². The Bertz CT molecular complexity index is 307. The number of ether oxygens (including phenoxy) is 1. The van der Waals surface area contributed by atoms with Gasteiger partial charge in [0, 0.05) is 6.42 Å². The fraction of sp³-hybridized carbons (Fsp3) is 0.364. The highest BCUT2D eigenvalue weighted by Gasteiger charge is 2.19. The predicted octanol–water partition coefficient (Wildman–Crippen LogP) is 1.89. The van der Waals surface area contributed by atoms with Gasteiger partial charge in [-0.05, 0) is 17.5 Å². The Morgan fingerprint density at radius 1 is 1.46 bits per heavy atom. The predicted molar refractivity (Wildman–Crippen MR) is 49.5 cm³/mol. The van der Waals surface area contributed by atoms with Gasteiger partial charge in [0.15, 0.2) is 0 Å². The van der Waals surface area contributed by atoms with Crippen molar-refractivity contribution in [2.75, 3.05) is 6.61 Å². The zero-order valence-electron chi connectivity index (χ0n) is 7.40. The first-order valence-corrected chi connectivity index (χ1v) is 4.55. The van der Waals surface area contributed by atoms with Crippen LogP contribution < -0.4 is 0 Å². The maximum absolute atomic E-state index is 10.4. The number of fused-ring (bicyclic) bond motifs is 1. The topological polar surface area (TPSA) is 26.3 Å². The molecule has 1 heterocycles. The van der Waals surface area contributed by atoms with E-state index in [1.54, 1.807) is 0 Å². The molecule has 2 rings (SSSR count). The van der Waals surface area contributed by atoms with Gasteiger partial charge >= 0.3 is 0 Å². The van der Waals surface area contributed by atoms with Crippen molar-refractivity contribution in [1.29, 1.82) is 0 Å². The number of benzene rings is 1. The van der Waals surface area contributed by atoms with Gasteiger partial charge in [-0.15, -0.1) is 0 Å². The molecule has 1 aliphatic rings. The highest BCUT2D eigenvalue weighted by atomic mass is 16.5. The molecule has 0 aromatic heterocycles. The Morgan fingerprint density at radius 2 is 2.31 bits per heavy atom. The van der Waals surface area contributed by atoms with E-state index in [1.165, 1.54) is 11.1 Å². The highest BCUT2D eigenvalue weighted by Crippen LogP contribution is 2.28. The van der Waals surface area contributed by atoms with Crippen LogP contribution in [0.4, 0.5) is 0 Å². The van der Waals surface area contributed by atoms with E-state index in [9.17, 15) is 4.79 Å². The maximum atomic E-state index is 10.4. The molecule has 13 heavy (non-hydrogen) atoms. The molecular weight excluding hydrogens is 164 g/mol. The lowest BCUT2D eigenvalue weighted by molar-refractivity contribution is -0.110. The number of hydrogen-bond acceptors (Lipinski definition) is 2. The minimum atomic E-state index is -0.0116. The SMILES string of the molecule is O=CCC1OCCc2ccccc21. The van der Waals surface area contributed by atoms with E-state index in [0.717, 1.165) is 19.3 Å². The summed E-state index contributed by atoms with van der Waals surface area (Å²) >= 11 is 0. The summed E-state index contributed by atoms with van der Waals surface area (Å²) in [6.07, 6.45) is 2.34. The van der Waals surface area contributed by atoms with Crippen molar-refractivity contribution in [2.45, 2.75) is 18.9 Å². The Hall–Kier alpha value is -1.15. The summed E-state index contributed by atoms with van der Waals surface area (Å²) in [5, 5.41) is 0. The zero-order chi connectivity index (χ0) is 9.10. The Balaban J connectivity index is 2.31.